The lowest BCUT2D eigenvalue weighted by molar-refractivity contribution is -0.148. The van der Waals surface area contributed by atoms with Gasteiger partial charge in [-0.25, -0.2) is 0 Å². The number of nitrogens with zero attached hydrogens (tertiary/aromatic N) is 1. The molecule has 0 spiro atoms. The number of ether oxygens (including phenoxy) is 2. The molecule has 104 valence electrons. The molecule has 2 heterocycles. The van der Waals surface area contributed by atoms with Crippen molar-refractivity contribution in [2.75, 3.05) is 32.9 Å². The van der Waals surface area contributed by atoms with Crippen LogP contribution in [0.15, 0.2) is 0 Å². The molecule has 0 aromatic heterocycles. The highest BCUT2D eigenvalue weighted by Crippen LogP contribution is 2.21. The van der Waals surface area contributed by atoms with E-state index in [0.717, 1.165) is 6.54 Å². The minimum Gasteiger partial charge on any atom is -0.379 e. The number of carbonyl (C=O) groups is 1. The Labute approximate surface area is 109 Å². The minimum absolute atomic E-state index is 0.0438. The third kappa shape index (κ3) is 2.84. The Kier molecular flexibility index (Phi) is 4.59. The van der Waals surface area contributed by atoms with Crippen LogP contribution in [-0.4, -0.2) is 61.9 Å². The molecule has 18 heavy (non-hydrogen) atoms. The van der Waals surface area contributed by atoms with E-state index in [1.807, 2.05) is 18.7 Å². The molecule has 5 heteroatoms. The van der Waals surface area contributed by atoms with E-state index in [1.165, 1.54) is 0 Å². The molecule has 5 nitrogen and oxygen atoms in total. The Bertz CT molecular complexity index is 298. The first-order valence-corrected chi connectivity index (χ1v) is 6.86. The van der Waals surface area contributed by atoms with Crippen molar-refractivity contribution in [2.45, 2.75) is 39.0 Å². The molecule has 0 saturated carbocycles. The van der Waals surface area contributed by atoms with Gasteiger partial charge in [0.1, 0.15) is 0 Å². The van der Waals surface area contributed by atoms with Gasteiger partial charge in [0.2, 0.25) is 5.91 Å². The molecule has 2 rings (SSSR count). The fourth-order valence-corrected chi connectivity index (χ4v) is 2.68. The predicted octanol–water partition coefficient (Wildman–Crippen LogP) is 0.247. The molecule has 4 atom stereocenters. The van der Waals surface area contributed by atoms with E-state index in [4.69, 9.17) is 9.47 Å². The Morgan fingerprint density at radius 2 is 2.11 bits per heavy atom. The van der Waals surface area contributed by atoms with Gasteiger partial charge in [-0.15, -0.1) is 0 Å². The number of amides is 1. The van der Waals surface area contributed by atoms with Crippen LogP contribution in [0.25, 0.3) is 0 Å². The van der Waals surface area contributed by atoms with Crippen molar-refractivity contribution in [3.8, 4) is 0 Å². The lowest BCUT2D eigenvalue weighted by Gasteiger charge is -2.38. The van der Waals surface area contributed by atoms with E-state index < -0.39 is 0 Å². The van der Waals surface area contributed by atoms with Crippen molar-refractivity contribution >= 4 is 5.91 Å². The Morgan fingerprint density at radius 3 is 2.83 bits per heavy atom. The summed E-state index contributed by atoms with van der Waals surface area (Å²) in [4.78, 5) is 14.5. The summed E-state index contributed by atoms with van der Waals surface area (Å²) in [6.45, 7) is 9.47. The number of likely N-dealkylation sites (N-methyl/N-ethyl adjacent to an activating group) is 1. The van der Waals surface area contributed by atoms with E-state index in [1.54, 1.807) is 0 Å². The van der Waals surface area contributed by atoms with E-state index in [0.29, 0.717) is 26.4 Å². The van der Waals surface area contributed by atoms with Crippen LogP contribution in [0.2, 0.25) is 0 Å². The molecule has 1 N–H and O–H groups in total. The van der Waals surface area contributed by atoms with Crippen LogP contribution in [0.5, 0.6) is 0 Å². The van der Waals surface area contributed by atoms with Gasteiger partial charge in [0, 0.05) is 12.6 Å². The number of rotatable bonds is 3. The van der Waals surface area contributed by atoms with Crippen LogP contribution in [-0.2, 0) is 14.3 Å². The largest absolute Gasteiger partial charge is 0.379 e. The number of morpholine rings is 1. The maximum absolute atomic E-state index is 12.6. The second-order valence-corrected chi connectivity index (χ2v) is 5.29. The summed E-state index contributed by atoms with van der Waals surface area (Å²) < 4.78 is 11.0. The zero-order chi connectivity index (χ0) is 13.1. The summed E-state index contributed by atoms with van der Waals surface area (Å²) in [6.07, 6.45) is 0.130. The average molecular weight is 256 g/mol. The fraction of sp³-hybridized carbons (Fsp3) is 0.923. The van der Waals surface area contributed by atoms with Gasteiger partial charge < -0.3 is 19.7 Å². The molecule has 2 saturated heterocycles. The second kappa shape index (κ2) is 5.99. The first-order chi connectivity index (χ1) is 8.63. The van der Waals surface area contributed by atoms with E-state index >= 15 is 0 Å². The first kappa shape index (κ1) is 13.8. The molecule has 4 unspecified atom stereocenters. The van der Waals surface area contributed by atoms with Gasteiger partial charge >= 0.3 is 0 Å². The maximum atomic E-state index is 12.6. The summed E-state index contributed by atoms with van der Waals surface area (Å²) in [7, 11) is 0. The lowest BCUT2D eigenvalue weighted by atomic mass is 10.00. The molecule has 0 bridgehead atoms. The molecular formula is C13H24N2O3. The lowest BCUT2D eigenvalue weighted by Crippen LogP contribution is -2.54. The van der Waals surface area contributed by atoms with E-state index in [2.05, 4.69) is 12.2 Å². The zero-order valence-electron chi connectivity index (χ0n) is 11.5. The van der Waals surface area contributed by atoms with Gasteiger partial charge in [0.15, 0.2) is 0 Å². The van der Waals surface area contributed by atoms with Crippen LogP contribution in [0.4, 0.5) is 0 Å². The van der Waals surface area contributed by atoms with Gasteiger partial charge in [-0.05, 0) is 20.4 Å². The van der Waals surface area contributed by atoms with Crippen LogP contribution < -0.4 is 5.32 Å². The van der Waals surface area contributed by atoms with Crippen molar-refractivity contribution in [1.82, 2.24) is 10.2 Å². The molecule has 1 amide bonds. The molecule has 2 fully saturated rings. The van der Waals surface area contributed by atoms with Crippen LogP contribution in [0.1, 0.15) is 20.8 Å². The van der Waals surface area contributed by atoms with E-state index in [-0.39, 0.29) is 30.0 Å². The van der Waals surface area contributed by atoms with Gasteiger partial charge in [0.25, 0.3) is 0 Å². The van der Waals surface area contributed by atoms with Crippen LogP contribution in [0.3, 0.4) is 0 Å². The summed E-state index contributed by atoms with van der Waals surface area (Å²) >= 11 is 0. The second-order valence-electron chi connectivity index (χ2n) is 5.29. The maximum Gasteiger partial charge on any atom is 0.230 e. The topological polar surface area (TPSA) is 50.8 Å². The van der Waals surface area contributed by atoms with Gasteiger partial charge in [-0.3, -0.25) is 4.79 Å². The molecule has 2 aliphatic heterocycles. The summed E-state index contributed by atoms with van der Waals surface area (Å²) in [5.74, 6) is 0.166. The first-order valence-electron chi connectivity index (χ1n) is 6.86. The quantitative estimate of drug-likeness (QED) is 0.786. The Balaban J connectivity index is 2.00. The Hall–Kier alpha value is -0.650. The molecule has 2 aliphatic rings. The minimum atomic E-state index is -0.0438. The van der Waals surface area contributed by atoms with Crippen molar-refractivity contribution in [1.29, 1.82) is 0 Å². The predicted molar refractivity (Wildman–Crippen MR) is 68.4 cm³/mol. The van der Waals surface area contributed by atoms with Crippen LogP contribution in [0, 0.1) is 5.92 Å². The highest BCUT2D eigenvalue weighted by Gasteiger charge is 2.39. The van der Waals surface area contributed by atoms with Crippen molar-refractivity contribution in [3.05, 3.63) is 0 Å². The van der Waals surface area contributed by atoms with Gasteiger partial charge in [-0.1, -0.05) is 6.92 Å². The third-order valence-electron chi connectivity index (χ3n) is 3.75. The van der Waals surface area contributed by atoms with Gasteiger partial charge in [0.05, 0.1) is 37.9 Å². The number of carbonyl (C=O) groups excluding carboxylic acids is 1. The average Bonchev–Trinajstić information content (AvgIpc) is 2.80. The molecular weight excluding hydrogens is 232 g/mol. The SMILES string of the molecule is CCNC1COCC1C(=O)N1CC(C)OCC1C. The van der Waals surface area contributed by atoms with Crippen molar-refractivity contribution < 1.29 is 14.3 Å². The van der Waals surface area contributed by atoms with Crippen molar-refractivity contribution in [3.63, 3.8) is 0 Å². The summed E-state index contributed by atoms with van der Waals surface area (Å²) in [5, 5.41) is 3.34. The number of hydrogen-bond acceptors (Lipinski definition) is 4. The number of nitrogens with one attached hydrogen (secondary N) is 1. The third-order valence-corrected chi connectivity index (χ3v) is 3.75. The highest BCUT2D eigenvalue weighted by atomic mass is 16.5. The van der Waals surface area contributed by atoms with Gasteiger partial charge in [-0.2, -0.15) is 0 Å². The zero-order valence-corrected chi connectivity index (χ0v) is 11.5. The fourth-order valence-electron chi connectivity index (χ4n) is 2.68. The summed E-state index contributed by atoms with van der Waals surface area (Å²) in [5.41, 5.74) is 0. The smallest absolute Gasteiger partial charge is 0.230 e. The molecule has 0 aromatic rings. The van der Waals surface area contributed by atoms with Crippen molar-refractivity contribution in [2.24, 2.45) is 5.92 Å². The van der Waals surface area contributed by atoms with E-state index in [9.17, 15) is 4.79 Å². The molecule has 0 aliphatic carbocycles. The van der Waals surface area contributed by atoms with Crippen LogP contribution >= 0.6 is 0 Å². The standard InChI is InChI=1S/C13H24N2O3/c1-4-14-12-8-17-7-11(12)13(16)15-5-10(3)18-6-9(15)2/h9-12,14H,4-8H2,1-3H3. The monoisotopic (exact) mass is 256 g/mol. The highest BCUT2D eigenvalue weighted by molar-refractivity contribution is 5.80. The molecule has 0 aromatic carbocycles. The Morgan fingerprint density at radius 1 is 1.33 bits per heavy atom. The molecule has 0 radical (unpaired) electrons. The summed E-state index contributed by atoms with van der Waals surface area (Å²) in [6, 6.07) is 0.324. The number of hydrogen-bond donors (Lipinski definition) is 1. The normalized spacial score (nSPS) is 36.9.